The molecule has 0 bridgehead atoms. The monoisotopic (exact) mass is 271 g/mol. The third-order valence-corrected chi connectivity index (χ3v) is 3.74. The molecule has 0 spiro atoms. The van der Waals surface area contributed by atoms with Crippen LogP contribution in [-0.2, 0) is 0 Å². The van der Waals surface area contributed by atoms with Crippen molar-refractivity contribution in [3.8, 4) is 0 Å². The molecule has 1 aliphatic heterocycles. The van der Waals surface area contributed by atoms with Gasteiger partial charge in [0.25, 0.3) is 0 Å². The van der Waals surface area contributed by atoms with Crippen molar-refractivity contribution in [2.45, 2.75) is 0 Å². The van der Waals surface area contributed by atoms with Crippen LogP contribution in [0.15, 0.2) is 30.3 Å². The molecule has 20 heavy (non-hydrogen) atoms. The molecular weight excluding hydrogens is 254 g/mol. The van der Waals surface area contributed by atoms with Crippen LogP contribution in [0.2, 0.25) is 0 Å². The second-order valence-electron chi connectivity index (χ2n) is 5.15. The Balaban J connectivity index is 2.10. The maximum absolute atomic E-state index is 11.2. The number of benzene rings is 1. The van der Waals surface area contributed by atoms with E-state index in [0.29, 0.717) is 0 Å². The van der Waals surface area contributed by atoms with Crippen molar-refractivity contribution in [3.63, 3.8) is 0 Å². The Kier molecular flexibility index (Phi) is 3.28. The molecule has 1 fully saturated rings. The van der Waals surface area contributed by atoms with Gasteiger partial charge < -0.3 is 14.9 Å². The normalized spacial score (nSPS) is 16.6. The third kappa shape index (κ3) is 2.32. The lowest BCUT2D eigenvalue weighted by Crippen LogP contribution is -2.45. The molecule has 0 unspecified atom stereocenters. The topological polar surface area (TPSA) is 56.7 Å². The number of pyridine rings is 1. The van der Waals surface area contributed by atoms with E-state index in [9.17, 15) is 9.90 Å². The molecule has 0 saturated carbocycles. The molecule has 3 rings (SSSR count). The summed E-state index contributed by atoms with van der Waals surface area (Å²) in [6.45, 7) is 3.67. The highest BCUT2D eigenvalue weighted by molar-refractivity contribution is 5.98. The van der Waals surface area contributed by atoms with Gasteiger partial charge in [-0.25, -0.2) is 9.78 Å². The Hall–Kier alpha value is -2.14. The third-order valence-electron chi connectivity index (χ3n) is 3.74. The number of nitrogens with zero attached hydrogens (tertiary/aromatic N) is 3. The van der Waals surface area contributed by atoms with E-state index in [2.05, 4.69) is 21.8 Å². The molecule has 5 nitrogen and oxygen atoms in total. The van der Waals surface area contributed by atoms with Gasteiger partial charge in [-0.3, -0.25) is 0 Å². The van der Waals surface area contributed by atoms with E-state index in [1.807, 2.05) is 24.3 Å². The van der Waals surface area contributed by atoms with E-state index >= 15 is 0 Å². The summed E-state index contributed by atoms with van der Waals surface area (Å²) in [7, 11) is 2.09. The minimum Gasteiger partial charge on any atom is -0.477 e. The van der Waals surface area contributed by atoms with Gasteiger partial charge in [-0.15, -0.1) is 0 Å². The summed E-state index contributed by atoms with van der Waals surface area (Å²) in [5.41, 5.74) is 0.109. The largest absolute Gasteiger partial charge is 0.477 e. The van der Waals surface area contributed by atoms with E-state index in [-0.39, 0.29) is 5.69 Å². The number of rotatable bonds is 2. The van der Waals surface area contributed by atoms with Crippen molar-refractivity contribution in [1.82, 2.24) is 9.88 Å². The average molecular weight is 271 g/mol. The predicted molar refractivity (Wildman–Crippen MR) is 78.4 cm³/mol. The maximum atomic E-state index is 11.2. The van der Waals surface area contributed by atoms with Gasteiger partial charge in [-0.1, -0.05) is 24.3 Å². The van der Waals surface area contributed by atoms with Crippen molar-refractivity contribution in [2.75, 3.05) is 38.1 Å². The second kappa shape index (κ2) is 5.09. The van der Waals surface area contributed by atoms with Crippen LogP contribution in [0.3, 0.4) is 0 Å². The van der Waals surface area contributed by atoms with Crippen LogP contribution in [0.25, 0.3) is 10.8 Å². The van der Waals surface area contributed by atoms with Crippen molar-refractivity contribution < 1.29 is 9.90 Å². The van der Waals surface area contributed by atoms with Crippen molar-refractivity contribution in [2.24, 2.45) is 0 Å². The summed E-state index contributed by atoms with van der Waals surface area (Å²) in [6.07, 6.45) is 0. The second-order valence-corrected chi connectivity index (χ2v) is 5.15. The molecule has 2 heterocycles. The number of aromatic nitrogens is 1. The van der Waals surface area contributed by atoms with E-state index < -0.39 is 5.97 Å². The highest BCUT2D eigenvalue weighted by Gasteiger charge is 2.19. The van der Waals surface area contributed by atoms with E-state index in [1.165, 1.54) is 0 Å². The molecule has 1 N–H and O–H groups in total. The summed E-state index contributed by atoms with van der Waals surface area (Å²) >= 11 is 0. The first-order valence-electron chi connectivity index (χ1n) is 6.72. The fourth-order valence-corrected chi connectivity index (χ4v) is 2.55. The van der Waals surface area contributed by atoms with E-state index in [1.54, 1.807) is 6.07 Å². The molecule has 0 atom stereocenters. The van der Waals surface area contributed by atoms with Crippen LogP contribution in [0.4, 0.5) is 5.82 Å². The zero-order valence-corrected chi connectivity index (χ0v) is 11.4. The lowest BCUT2D eigenvalue weighted by molar-refractivity contribution is 0.0691. The summed E-state index contributed by atoms with van der Waals surface area (Å²) in [6, 6.07) is 9.45. The highest BCUT2D eigenvalue weighted by Crippen LogP contribution is 2.26. The molecule has 2 aromatic rings. The van der Waals surface area contributed by atoms with Crippen molar-refractivity contribution in [1.29, 1.82) is 0 Å². The smallest absolute Gasteiger partial charge is 0.354 e. The minimum absolute atomic E-state index is 0.109. The molecule has 1 aliphatic rings. The van der Waals surface area contributed by atoms with Crippen LogP contribution in [0.1, 0.15) is 10.5 Å². The van der Waals surface area contributed by atoms with Gasteiger partial charge in [0.1, 0.15) is 5.82 Å². The van der Waals surface area contributed by atoms with E-state index in [4.69, 9.17) is 0 Å². The van der Waals surface area contributed by atoms with Crippen molar-refractivity contribution >= 4 is 22.6 Å². The van der Waals surface area contributed by atoms with Gasteiger partial charge in [0.2, 0.25) is 0 Å². The van der Waals surface area contributed by atoms with Crippen LogP contribution in [0, 0.1) is 0 Å². The summed E-state index contributed by atoms with van der Waals surface area (Å²) in [4.78, 5) is 20.0. The van der Waals surface area contributed by atoms with Gasteiger partial charge in [0.15, 0.2) is 5.69 Å². The fraction of sp³-hybridized carbons (Fsp3) is 0.333. The first-order chi connectivity index (χ1) is 9.65. The number of hydrogen-bond donors (Lipinski definition) is 1. The van der Waals surface area contributed by atoms with Gasteiger partial charge in [0, 0.05) is 31.6 Å². The number of anilines is 1. The number of hydrogen-bond acceptors (Lipinski definition) is 4. The molecule has 0 amide bonds. The number of piperazine rings is 1. The number of aromatic carboxylic acids is 1. The average Bonchev–Trinajstić information content (AvgIpc) is 2.47. The quantitative estimate of drug-likeness (QED) is 0.900. The molecule has 5 heteroatoms. The number of fused-ring (bicyclic) bond motifs is 1. The zero-order chi connectivity index (χ0) is 14.1. The Morgan fingerprint density at radius 2 is 1.90 bits per heavy atom. The Bertz CT molecular complexity index is 649. The number of likely N-dealkylation sites (N-methyl/N-ethyl adjacent to an activating group) is 1. The molecule has 1 saturated heterocycles. The Morgan fingerprint density at radius 3 is 2.60 bits per heavy atom. The molecule has 1 aromatic carbocycles. The maximum Gasteiger partial charge on any atom is 0.354 e. The lowest BCUT2D eigenvalue weighted by Gasteiger charge is -2.33. The molecule has 1 aromatic heterocycles. The first kappa shape index (κ1) is 12.9. The molecule has 104 valence electrons. The van der Waals surface area contributed by atoms with Gasteiger partial charge >= 0.3 is 5.97 Å². The number of carboxylic acid groups (broad SMARTS) is 1. The van der Waals surface area contributed by atoms with Crippen LogP contribution >= 0.6 is 0 Å². The van der Waals surface area contributed by atoms with Crippen molar-refractivity contribution in [3.05, 3.63) is 36.0 Å². The highest BCUT2D eigenvalue weighted by atomic mass is 16.4. The lowest BCUT2D eigenvalue weighted by atomic mass is 10.1. The van der Waals surface area contributed by atoms with E-state index in [0.717, 1.165) is 42.8 Å². The minimum atomic E-state index is -0.980. The summed E-state index contributed by atoms with van der Waals surface area (Å²) in [5, 5.41) is 11.2. The molecule has 0 radical (unpaired) electrons. The summed E-state index contributed by atoms with van der Waals surface area (Å²) < 4.78 is 0. The van der Waals surface area contributed by atoms with Gasteiger partial charge in [-0.05, 0) is 18.5 Å². The van der Waals surface area contributed by atoms with Crippen LogP contribution in [0.5, 0.6) is 0 Å². The number of carbonyl (C=O) groups is 1. The Labute approximate surface area is 117 Å². The van der Waals surface area contributed by atoms with Crippen LogP contribution in [-0.4, -0.2) is 54.2 Å². The summed E-state index contributed by atoms with van der Waals surface area (Å²) in [5.74, 6) is -0.195. The molecular formula is C15H17N3O2. The zero-order valence-electron chi connectivity index (χ0n) is 11.4. The fourth-order valence-electron chi connectivity index (χ4n) is 2.55. The molecule has 0 aliphatic carbocycles. The SMILES string of the molecule is CN1CCN(c2nc(C(=O)O)cc3ccccc23)CC1. The predicted octanol–water partition coefficient (Wildman–Crippen LogP) is 1.68. The van der Waals surface area contributed by atoms with Gasteiger partial charge in [-0.2, -0.15) is 0 Å². The standard InChI is InChI=1S/C15H17N3O2/c1-17-6-8-18(9-7-17)14-12-5-3-2-4-11(12)10-13(16-14)15(19)20/h2-5,10H,6-9H2,1H3,(H,19,20). The van der Waals surface area contributed by atoms with Crippen LogP contribution < -0.4 is 4.90 Å². The van der Waals surface area contributed by atoms with Gasteiger partial charge in [0.05, 0.1) is 0 Å². The Morgan fingerprint density at radius 1 is 1.20 bits per heavy atom. The number of carboxylic acids is 1. The first-order valence-corrected chi connectivity index (χ1v) is 6.72.